The molecule has 0 aromatic heterocycles. The van der Waals surface area contributed by atoms with Crippen LogP contribution in [-0.4, -0.2) is 34.2 Å². The lowest BCUT2D eigenvalue weighted by molar-refractivity contribution is -0.121. The topological polar surface area (TPSA) is 84.5 Å². The van der Waals surface area contributed by atoms with Crippen LogP contribution in [-0.2, 0) is 10.0 Å². The van der Waals surface area contributed by atoms with Gasteiger partial charge in [-0.15, -0.1) is 0 Å². The number of alkyl halides is 3. The van der Waals surface area contributed by atoms with Gasteiger partial charge in [-0.25, -0.2) is 17.5 Å². The fraction of sp³-hybridized carbons (Fsp3) is 0.188. The Bertz CT molecular complexity index is 928. The van der Waals surface area contributed by atoms with Crippen molar-refractivity contribution in [2.75, 3.05) is 19.0 Å². The van der Waals surface area contributed by atoms with E-state index in [9.17, 15) is 30.8 Å². The minimum absolute atomic E-state index is 0.0824. The van der Waals surface area contributed by atoms with E-state index in [1.54, 1.807) is 0 Å². The lowest BCUT2D eigenvalue weighted by Crippen LogP contribution is -2.33. The Morgan fingerprint density at radius 1 is 1.11 bits per heavy atom. The Balaban J connectivity index is 2.14. The molecule has 2 aromatic rings. The summed E-state index contributed by atoms with van der Waals surface area (Å²) in [4.78, 5) is 11.8. The molecule has 1 amide bonds. The number of methoxy groups -OCH3 is 1. The largest absolute Gasteiger partial charge is 0.496 e. The minimum Gasteiger partial charge on any atom is -0.496 e. The summed E-state index contributed by atoms with van der Waals surface area (Å²) < 4.78 is 79.8. The summed E-state index contributed by atoms with van der Waals surface area (Å²) in [5.74, 6) is -1.24. The molecular weight excluding hydrogens is 392 g/mol. The molecule has 0 aliphatic rings. The molecule has 0 bridgehead atoms. The standard InChI is InChI=1S/C16H14F4N2O4S/c1-26-14-7-2-10(17)8-13(14)15(23)22-11-3-5-12(6-4-11)27(24,25)21-9-16(18,19)20/h2-8,21H,9H2,1H3,(H,22,23). The number of anilines is 1. The van der Waals surface area contributed by atoms with Gasteiger partial charge in [-0.3, -0.25) is 4.79 Å². The number of benzene rings is 2. The van der Waals surface area contributed by atoms with Crippen LogP contribution in [0.2, 0.25) is 0 Å². The summed E-state index contributed by atoms with van der Waals surface area (Å²) in [6.45, 7) is -1.70. The molecule has 2 rings (SSSR count). The first-order chi connectivity index (χ1) is 12.5. The second kappa shape index (κ2) is 7.92. The number of ether oxygens (including phenoxy) is 1. The van der Waals surface area contributed by atoms with Gasteiger partial charge in [-0.2, -0.15) is 13.2 Å². The van der Waals surface area contributed by atoms with Crippen LogP contribution in [0.3, 0.4) is 0 Å². The highest BCUT2D eigenvalue weighted by molar-refractivity contribution is 7.89. The maximum atomic E-state index is 13.3. The molecule has 146 valence electrons. The number of rotatable bonds is 6. The molecule has 0 saturated heterocycles. The van der Waals surface area contributed by atoms with E-state index in [2.05, 4.69) is 5.32 Å². The number of carbonyl (C=O) groups is 1. The van der Waals surface area contributed by atoms with Gasteiger partial charge in [0.05, 0.1) is 17.6 Å². The van der Waals surface area contributed by atoms with Crippen molar-refractivity contribution in [3.8, 4) is 5.75 Å². The van der Waals surface area contributed by atoms with Crippen molar-refractivity contribution in [2.45, 2.75) is 11.1 Å². The molecule has 0 aliphatic heterocycles. The maximum Gasteiger partial charge on any atom is 0.402 e. The molecule has 0 heterocycles. The molecule has 0 atom stereocenters. The smallest absolute Gasteiger partial charge is 0.402 e. The van der Waals surface area contributed by atoms with E-state index in [-0.39, 0.29) is 17.0 Å². The van der Waals surface area contributed by atoms with Crippen LogP contribution in [0.25, 0.3) is 0 Å². The van der Waals surface area contributed by atoms with Gasteiger partial charge in [0.25, 0.3) is 5.91 Å². The number of sulfonamides is 1. The van der Waals surface area contributed by atoms with Gasteiger partial charge < -0.3 is 10.1 Å². The second-order valence-electron chi connectivity index (χ2n) is 5.26. The normalized spacial score (nSPS) is 11.9. The molecule has 11 heteroatoms. The average Bonchev–Trinajstić information content (AvgIpc) is 2.60. The lowest BCUT2D eigenvalue weighted by atomic mass is 10.1. The fourth-order valence-electron chi connectivity index (χ4n) is 2.03. The minimum atomic E-state index is -4.69. The van der Waals surface area contributed by atoms with Crippen LogP contribution >= 0.6 is 0 Å². The predicted molar refractivity (Wildman–Crippen MR) is 88.6 cm³/mol. The van der Waals surface area contributed by atoms with E-state index in [0.717, 1.165) is 24.3 Å². The SMILES string of the molecule is COc1ccc(F)cc1C(=O)Nc1ccc(S(=O)(=O)NCC(F)(F)F)cc1. The third-order valence-electron chi connectivity index (χ3n) is 3.29. The third-order valence-corrected chi connectivity index (χ3v) is 4.71. The first-order valence-corrected chi connectivity index (χ1v) is 8.81. The van der Waals surface area contributed by atoms with E-state index in [1.165, 1.54) is 30.0 Å². The van der Waals surface area contributed by atoms with Crippen molar-refractivity contribution in [3.63, 3.8) is 0 Å². The second-order valence-corrected chi connectivity index (χ2v) is 7.03. The molecule has 0 saturated carbocycles. The number of carbonyl (C=O) groups excluding carboxylic acids is 1. The highest BCUT2D eigenvalue weighted by Gasteiger charge is 2.30. The molecule has 0 spiro atoms. The highest BCUT2D eigenvalue weighted by Crippen LogP contribution is 2.22. The van der Waals surface area contributed by atoms with Crippen molar-refractivity contribution < 1.29 is 35.5 Å². The Morgan fingerprint density at radius 2 is 1.74 bits per heavy atom. The van der Waals surface area contributed by atoms with Crippen molar-refractivity contribution in [3.05, 3.63) is 53.8 Å². The maximum absolute atomic E-state index is 13.3. The van der Waals surface area contributed by atoms with Gasteiger partial charge in [0, 0.05) is 5.69 Å². The van der Waals surface area contributed by atoms with Crippen molar-refractivity contribution in [2.24, 2.45) is 0 Å². The summed E-state index contributed by atoms with van der Waals surface area (Å²) in [7, 11) is -3.06. The number of amides is 1. The Kier molecular flexibility index (Phi) is 6.06. The molecule has 0 radical (unpaired) electrons. The predicted octanol–water partition coefficient (Wildman–Crippen LogP) is 2.93. The van der Waals surface area contributed by atoms with Gasteiger partial charge in [0.1, 0.15) is 18.1 Å². The van der Waals surface area contributed by atoms with Crippen LogP contribution in [0.5, 0.6) is 5.75 Å². The zero-order valence-corrected chi connectivity index (χ0v) is 14.6. The Labute approximate surface area is 152 Å². The molecule has 0 unspecified atom stereocenters. The van der Waals surface area contributed by atoms with E-state index in [1.807, 2.05) is 0 Å². The molecule has 0 fully saturated rings. The first-order valence-electron chi connectivity index (χ1n) is 7.33. The first kappa shape index (κ1) is 20.6. The van der Waals surface area contributed by atoms with Crippen LogP contribution < -0.4 is 14.8 Å². The molecule has 6 nitrogen and oxygen atoms in total. The van der Waals surface area contributed by atoms with E-state index in [4.69, 9.17) is 4.74 Å². The van der Waals surface area contributed by atoms with E-state index >= 15 is 0 Å². The molecule has 2 aromatic carbocycles. The van der Waals surface area contributed by atoms with Crippen molar-refractivity contribution in [1.82, 2.24) is 4.72 Å². The average molecular weight is 406 g/mol. The number of halogens is 4. The van der Waals surface area contributed by atoms with Crippen molar-refractivity contribution >= 4 is 21.6 Å². The van der Waals surface area contributed by atoms with Crippen LogP contribution in [0.15, 0.2) is 47.4 Å². The van der Waals surface area contributed by atoms with Crippen molar-refractivity contribution in [1.29, 1.82) is 0 Å². The van der Waals surface area contributed by atoms with Crippen LogP contribution in [0, 0.1) is 5.82 Å². The van der Waals surface area contributed by atoms with Gasteiger partial charge in [0.2, 0.25) is 10.0 Å². The molecular formula is C16H14F4N2O4S. The van der Waals surface area contributed by atoms with Gasteiger partial charge in [0.15, 0.2) is 0 Å². The zero-order valence-electron chi connectivity index (χ0n) is 13.8. The zero-order chi connectivity index (χ0) is 20.2. The number of nitrogens with one attached hydrogen (secondary N) is 2. The number of hydrogen-bond acceptors (Lipinski definition) is 4. The molecule has 27 heavy (non-hydrogen) atoms. The monoisotopic (exact) mass is 406 g/mol. The summed E-state index contributed by atoms with van der Waals surface area (Å²) in [5.41, 5.74) is 0.0714. The van der Waals surface area contributed by atoms with Crippen LogP contribution in [0.1, 0.15) is 10.4 Å². The van der Waals surface area contributed by atoms with Crippen LogP contribution in [0.4, 0.5) is 23.2 Å². The van der Waals surface area contributed by atoms with E-state index < -0.39 is 39.4 Å². The summed E-state index contributed by atoms with van der Waals surface area (Å²) in [6.07, 6.45) is -4.69. The summed E-state index contributed by atoms with van der Waals surface area (Å²) >= 11 is 0. The van der Waals surface area contributed by atoms with Gasteiger partial charge in [-0.1, -0.05) is 0 Å². The lowest BCUT2D eigenvalue weighted by Gasteiger charge is -2.11. The summed E-state index contributed by atoms with van der Waals surface area (Å²) in [6, 6.07) is 7.77. The third kappa shape index (κ3) is 5.66. The molecule has 2 N–H and O–H groups in total. The van der Waals surface area contributed by atoms with Gasteiger partial charge in [-0.05, 0) is 42.5 Å². The Morgan fingerprint density at radius 3 is 2.30 bits per heavy atom. The fourth-order valence-corrected chi connectivity index (χ4v) is 3.05. The summed E-state index contributed by atoms with van der Waals surface area (Å²) in [5, 5.41) is 2.41. The number of hydrogen-bond donors (Lipinski definition) is 2. The Hall–Kier alpha value is -2.66. The molecule has 0 aliphatic carbocycles. The highest BCUT2D eigenvalue weighted by atomic mass is 32.2. The van der Waals surface area contributed by atoms with E-state index in [0.29, 0.717) is 0 Å². The van der Waals surface area contributed by atoms with Gasteiger partial charge >= 0.3 is 6.18 Å². The quantitative estimate of drug-likeness (QED) is 0.723.